The highest BCUT2D eigenvalue weighted by molar-refractivity contribution is 7.80. The van der Waals surface area contributed by atoms with Gasteiger partial charge in [-0.3, -0.25) is 0 Å². The molecule has 1 heterocycles. The lowest BCUT2D eigenvalue weighted by Gasteiger charge is -2.18. The van der Waals surface area contributed by atoms with Gasteiger partial charge in [0.2, 0.25) is 5.95 Å². The molecule has 1 amide bonds. The van der Waals surface area contributed by atoms with Gasteiger partial charge >= 0.3 is 12.3 Å². The Balaban J connectivity index is 1.50. The van der Waals surface area contributed by atoms with E-state index >= 15 is 0 Å². The number of nitrogens with zero attached hydrogens (tertiary/aromatic N) is 2. The fraction of sp³-hybridized carbons (Fsp3) is 0.450. The maximum atomic E-state index is 13.9. The van der Waals surface area contributed by atoms with Gasteiger partial charge in [-0.25, -0.2) is 19.2 Å². The first kappa shape index (κ1) is 23.1. The summed E-state index contributed by atoms with van der Waals surface area (Å²) >= 11 is 4.07. The molecule has 1 aromatic heterocycles. The molecule has 0 bridgehead atoms. The van der Waals surface area contributed by atoms with Crippen LogP contribution >= 0.6 is 12.6 Å². The van der Waals surface area contributed by atoms with Crippen LogP contribution in [0.3, 0.4) is 0 Å². The van der Waals surface area contributed by atoms with Crippen molar-refractivity contribution < 1.29 is 27.1 Å². The first-order chi connectivity index (χ1) is 14.6. The Hall–Kier alpha value is -2.56. The van der Waals surface area contributed by atoms with Crippen LogP contribution in [0.2, 0.25) is 0 Å². The molecule has 1 aliphatic carbocycles. The van der Waals surface area contributed by atoms with Gasteiger partial charge in [-0.1, -0.05) is 0 Å². The summed E-state index contributed by atoms with van der Waals surface area (Å²) in [6.45, 7) is 1.28. The summed E-state index contributed by atoms with van der Waals surface area (Å²) < 4.78 is 56.2. The highest BCUT2D eigenvalue weighted by Crippen LogP contribution is 2.36. The summed E-state index contributed by atoms with van der Waals surface area (Å²) in [5, 5.41) is 5.00. The molecule has 11 heteroatoms. The van der Waals surface area contributed by atoms with E-state index in [1.54, 1.807) is 18.5 Å². The predicted molar refractivity (Wildman–Crippen MR) is 109 cm³/mol. The third-order valence-corrected chi connectivity index (χ3v) is 5.18. The quantitative estimate of drug-likeness (QED) is 0.402. The molecule has 0 spiro atoms. The Bertz CT molecular complexity index is 911. The molecule has 6 nitrogen and oxygen atoms in total. The van der Waals surface area contributed by atoms with Crippen molar-refractivity contribution in [1.29, 1.82) is 0 Å². The number of thiol groups is 1. The van der Waals surface area contributed by atoms with Crippen molar-refractivity contribution in [2.45, 2.75) is 61.7 Å². The van der Waals surface area contributed by atoms with Gasteiger partial charge in [-0.2, -0.15) is 13.2 Å². The van der Waals surface area contributed by atoms with E-state index in [1.807, 2.05) is 0 Å². The number of carbonyl (C=O) groups excluding carboxylic acids is 1. The number of hydrogen-bond donors (Lipinski definition) is 3. The Morgan fingerprint density at radius 1 is 1.29 bits per heavy atom. The highest BCUT2D eigenvalue weighted by atomic mass is 32.1. The van der Waals surface area contributed by atoms with Gasteiger partial charge in [0.25, 0.3) is 0 Å². The molecule has 1 saturated carbocycles. The van der Waals surface area contributed by atoms with Gasteiger partial charge in [0.15, 0.2) is 0 Å². The number of alkyl halides is 3. The molecule has 1 fully saturated rings. The van der Waals surface area contributed by atoms with E-state index in [0.29, 0.717) is 17.7 Å². The van der Waals surface area contributed by atoms with Crippen LogP contribution in [-0.2, 0) is 4.74 Å². The van der Waals surface area contributed by atoms with Crippen LogP contribution in [-0.4, -0.2) is 34.4 Å². The molecule has 2 N–H and O–H groups in total. The fourth-order valence-corrected chi connectivity index (χ4v) is 3.66. The SMILES string of the molecule is CC(CC(F)(F)F)NC(=O)OC1CCC(c2cnc(Nc3ccc(S)cc3F)nc2)C1. The Labute approximate surface area is 182 Å². The number of alkyl carbamates (subject to hydrolysis) is 1. The molecule has 0 saturated heterocycles. The van der Waals surface area contributed by atoms with Gasteiger partial charge in [0.05, 0.1) is 12.1 Å². The van der Waals surface area contributed by atoms with E-state index in [1.165, 1.54) is 19.1 Å². The monoisotopic (exact) mass is 458 g/mol. The molecule has 3 rings (SSSR count). The first-order valence-electron chi connectivity index (χ1n) is 9.70. The van der Waals surface area contributed by atoms with Crippen molar-refractivity contribution in [1.82, 2.24) is 15.3 Å². The van der Waals surface area contributed by atoms with Crippen LogP contribution < -0.4 is 10.6 Å². The first-order valence-corrected chi connectivity index (χ1v) is 10.1. The van der Waals surface area contributed by atoms with Crippen molar-refractivity contribution >= 4 is 30.4 Å². The third kappa shape index (κ3) is 6.98. The Morgan fingerprint density at radius 3 is 2.65 bits per heavy atom. The van der Waals surface area contributed by atoms with E-state index in [4.69, 9.17) is 4.74 Å². The smallest absolute Gasteiger partial charge is 0.407 e. The number of anilines is 2. The molecule has 0 aliphatic heterocycles. The minimum Gasteiger partial charge on any atom is -0.446 e. The summed E-state index contributed by atoms with van der Waals surface area (Å²) in [5.74, 6) is -0.183. The minimum absolute atomic E-state index is 0.0552. The number of carbonyl (C=O) groups is 1. The normalized spacial score (nSPS) is 19.7. The maximum Gasteiger partial charge on any atom is 0.407 e. The average Bonchev–Trinajstić information content (AvgIpc) is 3.11. The molecule has 3 atom stereocenters. The summed E-state index contributed by atoms with van der Waals surface area (Å²) in [6.07, 6.45) is -1.63. The summed E-state index contributed by atoms with van der Waals surface area (Å²) in [4.78, 5) is 20.8. The van der Waals surface area contributed by atoms with Crippen molar-refractivity contribution in [2.75, 3.05) is 5.32 Å². The number of hydrogen-bond acceptors (Lipinski definition) is 6. The van der Waals surface area contributed by atoms with Gasteiger partial charge in [0, 0.05) is 23.3 Å². The van der Waals surface area contributed by atoms with Crippen molar-refractivity contribution in [3.8, 4) is 0 Å². The van der Waals surface area contributed by atoms with Crippen LogP contribution in [0.1, 0.15) is 44.1 Å². The third-order valence-electron chi connectivity index (χ3n) is 4.90. The number of benzene rings is 1. The van der Waals surface area contributed by atoms with E-state index < -0.39 is 36.7 Å². The number of aromatic nitrogens is 2. The maximum absolute atomic E-state index is 13.9. The second kappa shape index (κ2) is 9.71. The molecular formula is C20H22F4N4O2S. The molecule has 3 unspecified atom stereocenters. The second-order valence-electron chi connectivity index (χ2n) is 7.53. The van der Waals surface area contributed by atoms with Crippen LogP contribution in [0.4, 0.5) is 34.0 Å². The van der Waals surface area contributed by atoms with Gasteiger partial charge < -0.3 is 15.4 Å². The van der Waals surface area contributed by atoms with Crippen LogP contribution in [0.5, 0.6) is 0 Å². The minimum atomic E-state index is -4.35. The number of ether oxygens (including phenoxy) is 1. The average molecular weight is 458 g/mol. The highest BCUT2D eigenvalue weighted by Gasteiger charge is 2.32. The zero-order chi connectivity index (χ0) is 22.6. The number of amides is 1. The van der Waals surface area contributed by atoms with E-state index in [0.717, 1.165) is 12.0 Å². The lowest BCUT2D eigenvalue weighted by molar-refractivity contribution is -0.138. The summed E-state index contributed by atoms with van der Waals surface area (Å²) in [6, 6.07) is 3.39. The predicted octanol–water partition coefficient (Wildman–Crippen LogP) is 5.35. The van der Waals surface area contributed by atoms with Crippen molar-refractivity contribution in [3.63, 3.8) is 0 Å². The van der Waals surface area contributed by atoms with Crippen LogP contribution in [0.15, 0.2) is 35.5 Å². The van der Waals surface area contributed by atoms with Crippen LogP contribution in [0.25, 0.3) is 0 Å². The molecular weight excluding hydrogens is 436 g/mol. The standard InChI is InChI=1S/C20H22F4N4O2S/c1-11(8-20(22,23)24)27-19(29)30-14-3-2-12(6-14)13-9-25-18(26-10-13)28-17-5-4-15(31)7-16(17)21/h4-5,7,9-12,14,31H,2-3,6,8H2,1H3,(H,27,29)(H,25,26,28). The van der Waals surface area contributed by atoms with Crippen molar-refractivity contribution in [3.05, 3.63) is 42.0 Å². The lowest BCUT2D eigenvalue weighted by Crippen LogP contribution is -2.37. The summed E-state index contributed by atoms with van der Waals surface area (Å²) in [5.41, 5.74) is 1.07. The largest absolute Gasteiger partial charge is 0.446 e. The zero-order valence-electron chi connectivity index (χ0n) is 16.6. The van der Waals surface area contributed by atoms with Gasteiger partial charge in [0.1, 0.15) is 11.9 Å². The molecule has 2 aromatic rings. The van der Waals surface area contributed by atoms with Gasteiger partial charge in [-0.15, -0.1) is 12.6 Å². The topological polar surface area (TPSA) is 76.1 Å². The van der Waals surface area contributed by atoms with Gasteiger partial charge in [-0.05, 0) is 55.9 Å². The van der Waals surface area contributed by atoms with Crippen LogP contribution in [0, 0.1) is 5.82 Å². The number of halogens is 4. The summed E-state index contributed by atoms with van der Waals surface area (Å²) in [7, 11) is 0. The van der Waals surface area contributed by atoms with E-state index in [9.17, 15) is 22.4 Å². The lowest BCUT2D eigenvalue weighted by atomic mass is 10.0. The molecule has 1 aliphatic rings. The number of rotatable bonds is 6. The Morgan fingerprint density at radius 2 is 2.00 bits per heavy atom. The second-order valence-corrected chi connectivity index (χ2v) is 8.05. The fourth-order valence-electron chi connectivity index (χ4n) is 3.47. The van der Waals surface area contributed by atoms with E-state index in [2.05, 4.69) is 33.2 Å². The zero-order valence-corrected chi connectivity index (χ0v) is 17.5. The number of nitrogens with one attached hydrogen (secondary N) is 2. The Kier molecular flexibility index (Phi) is 7.24. The molecule has 1 aromatic carbocycles. The molecule has 168 valence electrons. The van der Waals surface area contributed by atoms with E-state index in [-0.39, 0.29) is 17.6 Å². The molecule has 0 radical (unpaired) electrons. The molecule has 31 heavy (non-hydrogen) atoms. The van der Waals surface area contributed by atoms with Crippen molar-refractivity contribution in [2.24, 2.45) is 0 Å².